The number of ether oxygens (including phenoxy) is 2. The SMILES string of the molecule is FC(F)Oc1ccc(C2=NN3[C@H](C2)c2ccccc2OC32CC[NH2+]CC2)cc1. The molecule has 7 heteroatoms. The summed E-state index contributed by atoms with van der Waals surface area (Å²) in [5.41, 5.74) is 2.61. The Morgan fingerprint density at radius 2 is 1.86 bits per heavy atom. The third kappa shape index (κ3) is 2.90. The normalized spacial score (nSPS) is 22.5. The van der Waals surface area contributed by atoms with Crippen molar-refractivity contribution in [1.82, 2.24) is 5.01 Å². The topological polar surface area (TPSA) is 50.7 Å². The van der Waals surface area contributed by atoms with E-state index in [0.29, 0.717) is 0 Å². The van der Waals surface area contributed by atoms with Gasteiger partial charge in [-0.05, 0) is 35.9 Å². The number of hydrogen-bond donors (Lipinski definition) is 1. The summed E-state index contributed by atoms with van der Waals surface area (Å²) in [5.74, 6) is 1.10. The zero-order valence-electron chi connectivity index (χ0n) is 15.4. The molecule has 5 nitrogen and oxygen atoms in total. The average molecular weight is 386 g/mol. The molecule has 2 N–H and O–H groups in total. The summed E-state index contributed by atoms with van der Waals surface area (Å²) in [5, 5.41) is 9.43. The van der Waals surface area contributed by atoms with E-state index in [1.165, 1.54) is 0 Å². The number of fused-ring (bicyclic) bond motifs is 4. The lowest BCUT2D eigenvalue weighted by atomic mass is 9.91. The monoisotopic (exact) mass is 386 g/mol. The van der Waals surface area contributed by atoms with Crippen molar-refractivity contribution >= 4 is 5.71 Å². The van der Waals surface area contributed by atoms with Crippen LogP contribution in [0, 0.1) is 0 Å². The van der Waals surface area contributed by atoms with Crippen molar-refractivity contribution in [2.45, 2.75) is 37.6 Å². The van der Waals surface area contributed by atoms with Crippen LogP contribution in [-0.4, -0.2) is 36.1 Å². The van der Waals surface area contributed by atoms with Crippen LogP contribution in [0.1, 0.15) is 36.4 Å². The van der Waals surface area contributed by atoms with Gasteiger partial charge < -0.3 is 14.8 Å². The highest BCUT2D eigenvalue weighted by molar-refractivity contribution is 6.02. The number of rotatable bonds is 3. The molecule has 0 radical (unpaired) electrons. The minimum absolute atomic E-state index is 0.134. The van der Waals surface area contributed by atoms with E-state index in [9.17, 15) is 8.78 Å². The van der Waals surface area contributed by atoms with E-state index < -0.39 is 12.3 Å². The minimum atomic E-state index is -2.82. The Morgan fingerprint density at radius 1 is 1.11 bits per heavy atom. The Kier molecular flexibility index (Phi) is 4.19. The lowest BCUT2D eigenvalue weighted by Crippen LogP contribution is -2.89. The number of nitrogens with two attached hydrogens (primary N) is 1. The van der Waals surface area contributed by atoms with Gasteiger partial charge in [0.2, 0.25) is 5.72 Å². The van der Waals surface area contributed by atoms with Crippen molar-refractivity contribution in [2.75, 3.05) is 13.1 Å². The Morgan fingerprint density at radius 3 is 2.61 bits per heavy atom. The standard InChI is InChI=1S/C21H21F2N3O2/c22-20(23)27-15-7-5-14(6-8-15)17-13-18-16-3-1-2-4-19(16)28-21(26(18)25-17)9-11-24-12-10-21/h1-8,18,20,24H,9-13H2/p+1/t18-/m1/s1. The zero-order valence-corrected chi connectivity index (χ0v) is 15.4. The van der Waals surface area contributed by atoms with Crippen LogP contribution in [0.25, 0.3) is 0 Å². The van der Waals surface area contributed by atoms with Crippen LogP contribution in [0.4, 0.5) is 8.78 Å². The summed E-state index contributed by atoms with van der Waals surface area (Å²) in [4.78, 5) is 0. The van der Waals surface area contributed by atoms with Crippen LogP contribution < -0.4 is 14.8 Å². The highest BCUT2D eigenvalue weighted by Gasteiger charge is 2.51. The molecule has 2 aromatic rings. The van der Waals surface area contributed by atoms with Crippen molar-refractivity contribution in [3.63, 3.8) is 0 Å². The molecule has 1 atom stereocenters. The second-order valence-corrected chi connectivity index (χ2v) is 7.47. The van der Waals surface area contributed by atoms with Gasteiger partial charge in [-0.25, -0.2) is 5.01 Å². The van der Waals surface area contributed by atoms with Gasteiger partial charge in [0.25, 0.3) is 0 Å². The number of quaternary nitrogens is 1. The third-order valence-electron chi connectivity index (χ3n) is 5.80. The lowest BCUT2D eigenvalue weighted by molar-refractivity contribution is -0.670. The first-order chi connectivity index (χ1) is 13.6. The molecule has 3 aliphatic heterocycles. The molecule has 0 unspecified atom stereocenters. The van der Waals surface area contributed by atoms with E-state index in [-0.39, 0.29) is 11.8 Å². The number of halogens is 2. The van der Waals surface area contributed by atoms with Crippen LogP contribution >= 0.6 is 0 Å². The van der Waals surface area contributed by atoms with Gasteiger partial charge in [-0.2, -0.15) is 13.9 Å². The van der Waals surface area contributed by atoms with Crippen LogP contribution in [0.2, 0.25) is 0 Å². The van der Waals surface area contributed by atoms with Gasteiger partial charge in [-0.15, -0.1) is 0 Å². The van der Waals surface area contributed by atoms with E-state index in [2.05, 4.69) is 21.1 Å². The summed E-state index contributed by atoms with van der Waals surface area (Å²) >= 11 is 0. The highest BCUT2D eigenvalue weighted by Crippen LogP contribution is 2.49. The first kappa shape index (κ1) is 17.4. The van der Waals surface area contributed by atoms with Gasteiger partial charge in [0, 0.05) is 12.0 Å². The molecule has 28 heavy (non-hydrogen) atoms. The van der Waals surface area contributed by atoms with E-state index in [1.807, 2.05) is 18.2 Å². The van der Waals surface area contributed by atoms with Gasteiger partial charge in [0.1, 0.15) is 11.5 Å². The first-order valence-corrected chi connectivity index (χ1v) is 9.66. The number of piperidine rings is 1. The number of hydrazone groups is 1. The maximum absolute atomic E-state index is 12.4. The highest BCUT2D eigenvalue weighted by atomic mass is 19.3. The second kappa shape index (κ2) is 6.74. The van der Waals surface area contributed by atoms with Crippen LogP contribution in [-0.2, 0) is 0 Å². The zero-order chi connectivity index (χ0) is 19.1. The fraction of sp³-hybridized carbons (Fsp3) is 0.381. The maximum atomic E-state index is 12.4. The Hall–Kier alpha value is -2.67. The van der Waals surface area contributed by atoms with Crippen molar-refractivity contribution in [1.29, 1.82) is 0 Å². The molecule has 1 fully saturated rings. The van der Waals surface area contributed by atoms with Crippen LogP contribution in [0.3, 0.4) is 0 Å². The smallest absolute Gasteiger partial charge is 0.387 e. The number of nitrogens with zero attached hydrogens (tertiary/aromatic N) is 2. The fourth-order valence-corrected chi connectivity index (χ4v) is 4.49. The van der Waals surface area contributed by atoms with Crippen molar-refractivity contribution in [3.8, 4) is 11.5 Å². The largest absolute Gasteiger partial charge is 0.466 e. The Balaban J connectivity index is 1.49. The molecule has 2 aromatic carbocycles. The summed E-state index contributed by atoms with van der Waals surface area (Å²) in [7, 11) is 0. The molecule has 146 valence electrons. The molecule has 0 saturated carbocycles. The molecule has 0 aliphatic carbocycles. The van der Waals surface area contributed by atoms with Gasteiger partial charge >= 0.3 is 6.61 Å². The van der Waals surface area contributed by atoms with Crippen molar-refractivity contribution < 1.29 is 23.6 Å². The minimum Gasteiger partial charge on any atom is -0.466 e. The van der Waals surface area contributed by atoms with Crippen LogP contribution in [0.15, 0.2) is 53.6 Å². The van der Waals surface area contributed by atoms with Gasteiger partial charge in [0.05, 0.1) is 37.7 Å². The molecule has 1 spiro atoms. The van der Waals surface area contributed by atoms with Gasteiger partial charge in [-0.3, -0.25) is 0 Å². The number of benzene rings is 2. The number of hydrogen-bond acceptors (Lipinski definition) is 4. The summed E-state index contributed by atoms with van der Waals surface area (Å²) in [6, 6.07) is 15.0. The number of alkyl halides is 2. The molecule has 0 bridgehead atoms. The van der Waals surface area contributed by atoms with Gasteiger partial charge in [-0.1, -0.05) is 18.2 Å². The molecule has 5 rings (SSSR count). The number of para-hydroxylation sites is 1. The van der Waals surface area contributed by atoms with Gasteiger partial charge in [0.15, 0.2) is 0 Å². The molecule has 0 amide bonds. The van der Waals surface area contributed by atoms with E-state index >= 15 is 0 Å². The molecule has 3 aliphatic rings. The summed E-state index contributed by atoms with van der Waals surface area (Å²) < 4.78 is 35.8. The fourth-order valence-electron chi connectivity index (χ4n) is 4.49. The summed E-state index contributed by atoms with van der Waals surface area (Å²) in [6.07, 6.45) is 2.59. The van der Waals surface area contributed by atoms with Crippen LogP contribution in [0.5, 0.6) is 11.5 Å². The Bertz CT molecular complexity index is 895. The van der Waals surface area contributed by atoms with E-state index in [1.54, 1.807) is 24.3 Å². The molecule has 1 saturated heterocycles. The molecule has 0 aromatic heterocycles. The van der Waals surface area contributed by atoms with E-state index in [4.69, 9.17) is 9.84 Å². The predicted octanol–water partition coefficient (Wildman–Crippen LogP) is 2.89. The molecular weight excluding hydrogens is 364 g/mol. The first-order valence-electron chi connectivity index (χ1n) is 9.66. The lowest BCUT2D eigenvalue weighted by Gasteiger charge is -2.48. The quantitative estimate of drug-likeness (QED) is 0.883. The Labute approximate surface area is 161 Å². The average Bonchev–Trinajstić information content (AvgIpc) is 3.16. The van der Waals surface area contributed by atoms with Crippen molar-refractivity contribution in [2.24, 2.45) is 5.10 Å². The summed E-state index contributed by atoms with van der Waals surface area (Å²) in [6.45, 7) is -0.800. The molecule has 3 heterocycles. The second-order valence-electron chi connectivity index (χ2n) is 7.47. The van der Waals surface area contributed by atoms with Crippen molar-refractivity contribution in [3.05, 3.63) is 59.7 Å². The third-order valence-corrected chi connectivity index (χ3v) is 5.80. The van der Waals surface area contributed by atoms with E-state index in [0.717, 1.165) is 54.9 Å². The predicted molar refractivity (Wildman–Crippen MR) is 99.5 cm³/mol. The maximum Gasteiger partial charge on any atom is 0.387 e. The molecular formula is C21H22F2N3O2+.